The van der Waals surface area contributed by atoms with Crippen LogP contribution in [0.5, 0.6) is 0 Å². The Hall–Kier alpha value is -4.15. The summed E-state index contributed by atoms with van der Waals surface area (Å²) >= 11 is 1.08. The Labute approximate surface area is 278 Å². The van der Waals surface area contributed by atoms with E-state index in [9.17, 15) is 40.8 Å². The van der Waals surface area contributed by atoms with Gasteiger partial charge in [-0.2, -0.15) is 21.6 Å². The van der Waals surface area contributed by atoms with Crippen molar-refractivity contribution in [2.45, 2.75) is 36.7 Å². The third kappa shape index (κ3) is 6.12. The second-order valence-corrected chi connectivity index (χ2v) is 14.0. The average Bonchev–Trinajstić information content (AvgIpc) is 3.28. The molecule has 4 atom stereocenters. The fourth-order valence-corrected chi connectivity index (χ4v) is 7.77. The number of hydrogen-bond acceptors (Lipinski definition) is 10. The predicted molar refractivity (Wildman–Crippen MR) is 167 cm³/mol. The summed E-state index contributed by atoms with van der Waals surface area (Å²) in [5.74, 6) is -4.26. The summed E-state index contributed by atoms with van der Waals surface area (Å²) in [4.78, 5) is 55.3. The molecule has 0 aliphatic carbocycles. The van der Waals surface area contributed by atoms with E-state index in [0.29, 0.717) is 26.8 Å². The maximum atomic E-state index is 13.9. The highest BCUT2D eigenvalue weighted by Gasteiger charge is 2.61. The number of benzene rings is 2. The summed E-state index contributed by atoms with van der Waals surface area (Å²) in [6.07, 6.45) is 2.62. The Bertz CT molecular complexity index is 1860. The van der Waals surface area contributed by atoms with E-state index in [2.05, 4.69) is 17.3 Å². The van der Waals surface area contributed by atoms with Crippen molar-refractivity contribution in [1.82, 2.24) is 9.21 Å². The number of ether oxygens (including phenoxy) is 2. The molecule has 11 nitrogen and oxygen atoms in total. The van der Waals surface area contributed by atoms with Gasteiger partial charge in [-0.05, 0) is 47.0 Å². The molecule has 1 saturated heterocycles. The second-order valence-electron chi connectivity index (χ2n) is 11.3. The molecule has 0 radical (unpaired) electrons. The molecule has 16 heteroatoms. The third-order valence-electron chi connectivity index (χ3n) is 8.54. The van der Waals surface area contributed by atoms with Gasteiger partial charge >= 0.3 is 27.6 Å². The number of rotatable bonds is 13. The fraction of sp³-hybridized carbons (Fsp3) is 0.375. The topological polar surface area (TPSA) is 137 Å². The van der Waals surface area contributed by atoms with E-state index in [1.165, 1.54) is 21.4 Å². The molecule has 0 bridgehead atoms. The zero-order chi connectivity index (χ0) is 35.1. The molecular formula is C32H31F3N2O9S2. The minimum Gasteiger partial charge on any atom is -0.461 e. The van der Waals surface area contributed by atoms with Crippen LogP contribution in [0, 0.1) is 17.8 Å². The second kappa shape index (κ2) is 13.4. The van der Waals surface area contributed by atoms with E-state index >= 15 is 0 Å². The van der Waals surface area contributed by atoms with Crippen molar-refractivity contribution in [2.75, 3.05) is 26.4 Å². The lowest BCUT2D eigenvalue weighted by Gasteiger charge is -2.47. The summed E-state index contributed by atoms with van der Waals surface area (Å²) < 4.78 is 76.9. The predicted octanol–water partition coefficient (Wildman–Crippen LogP) is 4.54. The van der Waals surface area contributed by atoms with Crippen molar-refractivity contribution < 1.29 is 54.4 Å². The molecule has 0 spiro atoms. The fourth-order valence-electron chi connectivity index (χ4n) is 6.27. The monoisotopic (exact) mass is 708 g/mol. The third-order valence-corrected chi connectivity index (χ3v) is 10.6. The van der Waals surface area contributed by atoms with Crippen molar-refractivity contribution in [1.29, 1.82) is 0 Å². The van der Waals surface area contributed by atoms with Gasteiger partial charge in [0.2, 0.25) is 5.91 Å². The Morgan fingerprint density at radius 2 is 1.77 bits per heavy atom. The first-order valence-corrected chi connectivity index (χ1v) is 16.9. The summed E-state index contributed by atoms with van der Waals surface area (Å²) in [6.45, 7) is 9.50. The molecular weight excluding hydrogens is 677 g/mol. The van der Waals surface area contributed by atoms with Crippen molar-refractivity contribution in [3.05, 3.63) is 78.0 Å². The molecule has 2 aromatic carbocycles. The summed E-state index contributed by atoms with van der Waals surface area (Å²) in [5.41, 5.74) is -4.32. The molecule has 256 valence electrons. The number of halogens is 3. The normalized spacial score (nSPS) is 21.1. The molecule has 5 rings (SSSR count). The maximum Gasteiger partial charge on any atom is 0.523 e. The average molecular weight is 709 g/mol. The molecule has 48 heavy (non-hydrogen) atoms. The van der Waals surface area contributed by atoms with Crippen LogP contribution in [0.1, 0.15) is 29.8 Å². The van der Waals surface area contributed by atoms with Crippen LogP contribution in [0.25, 0.3) is 10.8 Å². The Morgan fingerprint density at radius 1 is 1.08 bits per heavy atom. The van der Waals surface area contributed by atoms with Gasteiger partial charge in [0, 0.05) is 21.8 Å². The van der Waals surface area contributed by atoms with Gasteiger partial charge in [0.25, 0.3) is 5.91 Å². The van der Waals surface area contributed by atoms with Crippen LogP contribution in [0.3, 0.4) is 0 Å². The number of fused-ring (bicyclic) bond motifs is 1. The SMILES string of the molecule is C=CCOC(=O)C1=C(CN2Sc3ccc(CCOS(=O)(=O)C(F)(F)F)c4cccc(c34)C2=O)C(C)C2C(C(C)C(=O)OCC=C)C(=O)N12. The molecule has 3 aliphatic rings. The van der Waals surface area contributed by atoms with Crippen LogP contribution in [0.2, 0.25) is 0 Å². The van der Waals surface area contributed by atoms with Gasteiger partial charge in [-0.1, -0.05) is 57.4 Å². The first kappa shape index (κ1) is 35.2. The highest BCUT2D eigenvalue weighted by atomic mass is 32.2. The molecule has 0 saturated carbocycles. The quantitative estimate of drug-likeness (QED) is 0.0729. The van der Waals surface area contributed by atoms with E-state index in [-0.39, 0.29) is 37.4 Å². The minimum atomic E-state index is -5.76. The number of alkyl halides is 3. The Kier molecular flexibility index (Phi) is 9.81. The lowest BCUT2D eigenvalue weighted by Crippen LogP contribution is -2.63. The highest BCUT2D eigenvalue weighted by Crippen LogP contribution is 2.50. The molecule has 2 aromatic rings. The van der Waals surface area contributed by atoms with Gasteiger partial charge in [-0.15, -0.1) is 0 Å². The van der Waals surface area contributed by atoms with E-state index < -0.39 is 69.8 Å². The minimum absolute atomic E-state index is 0.00354. The maximum absolute atomic E-state index is 13.9. The number of carbonyl (C=O) groups is 4. The van der Waals surface area contributed by atoms with Crippen molar-refractivity contribution in [3.8, 4) is 0 Å². The largest absolute Gasteiger partial charge is 0.523 e. The van der Waals surface area contributed by atoms with Gasteiger partial charge in [0.1, 0.15) is 18.9 Å². The van der Waals surface area contributed by atoms with E-state index in [4.69, 9.17) is 9.47 Å². The van der Waals surface area contributed by atoms with Crippen molar-refractivity contribution >= 4 is 56.6 Å². The molecule has 4 unspecified atom stereocenters. The van der Waals surface area contributed by atoms with Gasteiger partial charge < -0.3 is 14.4 Å². The van der Waals surface area contributed by atoms with Gasteiger partial charge in [-0.3, -0.25) is 22.9 Å². The van der Waals surface area contributed by atoms with Crippen molar-refractivity contribution in [2.24, 2.45) is 17.8 Å². The summed E-state index contributed by atoms with van der Waals surface area (Å²) in [7, 11) is -5.76. The van der Waals surface area contributed by atoms with Gasteiger partial charge in [0.15, 0.2) is 0 Å². The number of amides is 2. The molecule has 0 N–H and O–H groups in total. The number of nitrogens with zero attached hydrogens (tertiary/aromatic N) is 2. The number of esters is 2. The first-order valence-electron chi connectivity index (χ1n) is 14.8. The smallest absolute Gasteiger partial charge is 0.461 e. The van der Waals surface area contributed by atoms with Crippen LogP contribution >= 0.6 is 11.9 Å². The number of hydrogen-bond donors (Lipinski definition) is 0. The Morgan fingerprint density at radius 3 is 2.44 bits per heavy atom. The van der Waals surface area contributed by atoms with Crippen LogP contribution in [0.15, 0.2) is 71.8 Å². The lowest BCUT2D eigenvalue weighted by atomic mass is 9.74. The zero-order valence-electron chi connectivity index (χ0n) is 25.8. The molecule has 3 aliphatic heterocycles. The first-order chi connectivity index (χ1) is 22.6. The number of β-lactam (4-membered cyclic amide) rings is 1. The van der Waals surface area contributed by atoms with Gasteiger partial charge in [0.05, 0.1) is 31.0 Å². The zero-order valence-corrected chi connectivity index (χ0v) is 27.5. The van der Waals surface area contributed by atoms with Crippen LogP contribution < -0.4 is 0 Å². The summed E-state index contributed by atoms with van der Waals surface area (Å²) in [6, 6.07) is 7.58. The lowest BCUT2D eigenvalue weighted by molar-refractivity contribution is -0.168. The highest BCUT2D eigenvalue weighted by molar-refractivity contribution is 7.98. The van der Waals surface area contributed by atoms with E-state index in [1.807, 2.05) is 6.92 Å². The van der Waals surface area contributed by atoms with Crippen LogP contribution in [0.4, 0.5) is 13.2 Å². The van der Waals surface area contributed by atoms with Crippen molar-refractivity contribution in [3.63, 3.8) is 0 Å². The molecule has 3 heterocycles. The van der Waals surface area contributed by atoms with Gasteiger partial charge in [-0.25, -0.2) is 4.79 Å². The molecule has 0 aromatic heterocycles. The molecule has 2 amide bonds. The van der Waals surface area contributed by atoms with Crippen LogP contribution in [-0.2, 0) is 44.6 Å². The van der Waals surface area contributed by atoms with Crippen LogP contribution in [-0.4, -0.2) is 79.3 Å². The standard InChI is InChI=1S/C32H31F3N2O9S2/c1-5-13-44-30(40)18(4)24-26-17(3)22(27(37(26)29(24)39)31(41)45-14-6-2)16-36-28(38)21-9-7-8-20-19(10-11-23(47-36)25(20)21)12-15-46-48(42,43)32(33,34)35/h5-11,17-18,24,26H,1-2,12-16H2,3-4H3. The van der Waals surface area contributed by atoms with E-state index in [1.54, 1.807) is 37.3 Å². The molecule has 1 fully saturated rings. The number of carbonyl (C=O) groups excluding carboxylic acids is 4. The van der Waals surface area contributed by atoms with E-state index in [0.717, 1.165) is 11.9 Å². The Balaban J connectivity index is 1.42. The summed E-state index contributed by atoms with van der Waals surface area (Å²) in [5, 5.41) is 1.07.